The van der Waals surface area contributed by atoms with Crippen LogP contribution in [0, 0.1) is 22.9 Å². The van der Waals surface area contributed by atoms with Crippen molar-refractivity contribution in [3.8, 4) is 0 Å². The van der Waals surface area contributed by atoms with Crippen LogP contribution in [-0.2, 0) is 4.79 Å². The minimum Gasteiger partial charge on any atom is -0.353 e. The van der Waals surface area contributed by atoms with E-state index in [2.05, 4.69) is 10.6 Å². The molecule has 1 atom stereocenters. The fourth-order valence-corrected chi connectivity index (χ4v) is 3.66. The number of benzene rings is 2. The van der Waals surface area contributed by atoms with E-state index in [4.69, 9.17) is 0 Å². The largest absolute Gasteiger partial charge is 0.353 e. The van der Waals surface area contributed by atoms with Crippen molar-refractivity contribution in [2.45, 2.75) is 25.8 Å². The molecule has 1 aliphatic heterocycles. The van der Waals surface area contributed by atoms with Crippen molar-refractivity contribution in [1.29, 1.82) is 0 Å². The summed E-state index contributed by atoms with van der Waals surface area (Å²) in [5.74, 6) is -1.93. The van der Waals surface area contributed by atoms with Gasteiger partial charge in [0.15, 0.2) is 0 Å². The summed E-state index contributed by atoms with van der Waals surface area (Å²) in [6, 6.07) is 9.05. The second kappa shape index (κ2) is 9.99. The fourth-order valence-electron chi connectivity index (χ4n) is 3.66. The van der Waals surface area contributed by atoms with Gasteiger partial charge in [-0.1, -0.05) is 12.1 Å². The predicted molar refractivity (Wildman–Crippen MR) is 114 cm³/mol. The molecule has 0 aliphatic carbocycles. The molecule has 1 saturated heterocycles. The van der Waals surface area contributed by atoms with E-state index in [0.717, 1.165) is 0 Å². The number of nitro benzene ring substituents is 1. The van der Waals surface area contributed by atoms with Crippen molar-refractivity contribution in [3.63, 3.8) is 0 Å². The van der Waals surface area contributed by atoms with E-state index in [-0.39, 0.29) is 41.7 Å². The van der Waals surface area contributed by atoms with Gasteiger partial charge in [0.25, 0.3) is 17.5 Å². The molecule has 168 valence electrons. The van der Waals surface area contributed by atoms with Crippen LogP contribution < -0.4 is 10.6 Å². The normalized spacial score (nSPS) is 15.3. The van der Waals surface area contributed by atoms with E-state index >= 15 is 0 Å². The number of hydrogen-bond acceptors (Lipinski definition) is 5. The molecule has 2 N–H and O–H groups in total. The highest BCUT2D eigenvalue weighted by Gasteiger charge is 2.34. The van der Waals surface area contributed by atoms with E-state index in [9.17, 15) is 28.9 Å². The quantitative estimate of drug-likeness (QED) is 0.387. The van der Waals surface area contributed by atoms with Gasteiger partial charge in [0, 0.05) is 36.8 Å². The molecule has 0 bridgehead atoms. The number of nitrogens with zero attached hydrogens (tertiary/aromatic N) is 2. The third-order valence-corrected chi connectivity index (χ3v) is 5.29. The molecular weight excluding hydrogens is 419 g/mol. The first-order valence-corrected chi connectivity index (χ1v) is 10.2. The molecule has 10 heteroatoms. The Bertz CT molecular complexity index is 1060. The van der Waals surface area contributed by atoms with Gasteiger partial charge in [-0.25, -0.2) is 4.39 Å². The number of carbonyl (C=O) groups is 3. The molecular formula is C22H23FN4O5. The van der Waals surface area contributed by atoms with E-state index < -0.39 is 22.7 Å². The van der Waals surface area contributed by atoms with Crippen molar-refractivity contribution in [3.05, 3.63) is 75.1 Å². The summed E-state index contributed by atoms with van der Waals surface area (Å²) in [4.78, 5) is 49.4. The number of rotatable bonds is 7. The SMILES string of the molecule is Cc1cc(C(=O)N2CCCC2C(=O)NCCNC(=O)c2ccccc2F)ccc1[N+](=O)[O-]. The maximum atomic E-state index is 13.6. The maximum absolute atomic E-state index is 13.6. The first-order valence-electron chi connectivity index (χ1n) is 10.2. The molecule has 1 unspecified atom stereocenters. The summed E-state index contributed by atoms with van der Waals surface area (Å²) in [6.45, 7) is 2.17. The van der Waals surface area contributed by atoms with Crippen molar-refractivity contribution in [2.75, 3.05) is 19.6 Å². The van der Waals surface area contributed by atoms with Crippen LogP contribution in [0.2, 0.25) is 0 Å². The fraction of sp³-hybridized carbons (Fsp3) is 0.318. The molecule has 0 radical (unpaired) electrons. The number of likely N-dealkylation sites (tertiary alicyclic amines) is 1. The van der Waals surface area contributed by atoms with Crippen molar-refractivity contribution in [1.82, 2.24) is 15.5 Å². The Hall–Kier alpha value is -3.82. The molecule has 1 heterocycles. The molecule has 9 nitrogen and oxygen atoms in total. The Labute approximate surface area is 183 Å². The minimum absolute atomic E-state index is 0.0744. The number of carbonyl (C=O) groups excluding carboxylic acids is 3. The molecule has 2 aromatic carbocycles. The van der Waals surface area contributed by atoms with Crippen LogP contribution >= 0.6 is 0 Å². The van der Waals surface area contributed by atoms with Gasteiger partial charge in [-0.05, 0) is 44.0 Å². The van der Waals surface area contributed by atoms with Crippen molar-refractivity contribution < 1.29 is 23.7 Å². The summed E-state index contributed by atoms with van der Waals surface area (Å²) < 4.78 is 13.6. The van der Waals surface area contributed by atoms with Gasteiger partial charge in [-0.2, -0.15) is 0 Å². The van der Waals surface area contributed by atoms with E-state index in [0.29, 0.717) is 24.9 Å². The topological polar surface area (TPSA) is 122 Å². The molecule has 3 amide bonds. The average molecular weight is 442 g/mol. The van der Waals surface area contributed by atoms with Gasteiger partial charge in [-0.3, -0.25) is 24.5 Å². The van der Waals surface area contributed by atoms with E-state index in [1.165, 1.54) is 41.3 Å². The Morgan fingerprint density at radius 2 is 1.88 bits per heavy atom. The summed E-state index contributed by atoms with van der Waals surface area (Å²) in [5.41, 5.74) is 0.496. The van der Waals surface area contributed by atoms with Crippen molar-refractivity contribution in [2.24, 2.45) is 0 Å². The number of hydrogen-bond donors (Lipinski definition) is 2. The lowest BCUT2D eigenvalue weighted by atomic mass is 10.1. The number of aryl methyl sites for hydroxylation is 1. The van der Waals surface area contributed by atoms with Crippen LogP contribution in [0.25, 0.3) is 0 Å². The van der Waals surface area contributed by atoms with E-state index in [1.807, 2.05) is 0 Å². The van der Waals surface area contributed by atoms with Gasteiger partial charge >= 0.3 is 0 Å². The highest BCUT2D eigenvalue weighted by molar-refractivity contribution is 5.98. The standard InChI is InChI=1S/C22H23FN4O5/c1-14-13-15(8-9-18(14)27(31)32)22(30)26-12-4-7-19(26)21(29)25-11-10-24-20(28)16-5-2-3-6-17(16)23/h2-3,5-6,8-9,13,19H,4,7,10-12H2,1H3,(H,24,28)(H,25,29). The molecule has 1 aliphatic rings. The number of amides is 3. The van der Waals surface area contributed by atoms with Crippen LogP contribution in [-0.4, -0.2) is 53.2 Å². The number of nitrogens with one attached hydrogen (secondary N) is 2. The lowest BCUT2D eigenvalue weighted by molar-refractivity contribution is -0.385. The van der Waals surface area contributed by atoms with Gasteiger partial charge in [0.2, 0.25) is 5.91 Å². The predicted octanol–water partition coefficient (Wildman–Crippen LogP) is 2.19. The smallest absolute Gasteiger partial charge is 0.272 e. The number of halogens is 1. The van der Waals surface area contributed by atoms with Crippen molar-refractivity contribution >= 4 is 23.4 Å². The Kier molecular flexibility index (Phi) is 7.14. The first-order chi connectivity index (χ1) is 15.3. The zero-order valence-electron chi connectivity index (χ0n) is 17.5. The van der Waals surface area contributed by atoms with Gasteiger partial charge in [0.05, 0.1) is 10.5 Å². The summed E-state index contributed by atoms with van der Waals surface area (Å²) in [7, 11) is 0. The third-order valence-electron chi connectivity index (χ3n) is 5.29. The summed E-state index contributed by atoms with van der Waals surface area (Å²) >= 11 is 0. The molecule has 0 spiro atoms. The van der Waals surface area contributed by atoms with Crippen LogP contribution in [0.15, 0.2) is 42.5 Å². The molecule has 0 saturated carbocycles. The Morgan fingerprint density at radius 3 is 2.56 bits per heavy atom. The molecule has 0 aromatic heterocycles. The third kappa shape index (κ3) is 5.08. The average Bonchev–Trinajstić information content (AvgIpc) is 3.26. The number of nitro groups is 1. The van der Waals surface area contributed by atoms with Gasteiger partial charge in [-0.15, -0.1) is 0 Å². The molecule has 1 fully saturated rings. The molecule has 2 aromatic rings. The first kappa shape index (κ1) is 22.9. The second-order valence-electron chi connectivity index (χ2n) is 7.44. The Morgan fingerprint density at radius 1 is 1.16 bits per heavy atom. The molecule has 32 heavy (non-hydrogen) atoms. The minimum atomic E-state index is -0.666. The van der Waals surface area contributed by atoms with Crippen LogP contribution in [0.1, 0.15) is 39.1 Å². The maximum Gasteiger partial charge on any atom is 0.272 e. The van der Waals surface area contributed by atoms with Gasteiger partial charge in [0.1, 0.15) is 11.9 Å². The lowest BCUT2D eigenvalue weighted by Crippen LogP contribution is -2.47. The van der Waals surface area contributed by atoms with Crippen LogP contribution in [0.3, 0.4) is 0 Å². The zero-order chi connectivity index (χ0) is 23.3. The highest BCUT2D eigenvalue weighted by Crippen LogP contribution is 2.24. The Balaban J connectivity index is 1.54. The summed E-state index contributed by atoms with van der Waals surface area (Å²) in [6.07, 6.45) is 1.14. The monoisotopic (exact) mass is 442 g/mol. The molecule has 3 rings (SSSR count). The second-order valence-corrected chi connectivity index (χ2v) is 7.44. The van der Waals surface area contributed by atoms with Crippen LogP contribution in [0.5, 0.6) is 0 Å². The lowest BCUT2D eigenvalue weighted by Gasteiger charge is -2.24. The zero-order valence-corrected chi connectivity index (χ0v) is 17.5. The summed E-state index contributed by atoms with van der Waals surface area (Å²) in [5, 5.41) is 16.2. The van der Waals surface area contributed by atoms with Crippen LogP contribution in [0.4, 0.5) is 10.1 Å². The van der Waals surface area contributed by atoms with E-state index in [1.54, 1.807) is 13.0 Å². The van der Waals surface area contributed by atoms with Gasteiger partial charge < -0.3 is 15.5 Å². The highest BCUT2D eigenvalue weighted by atomic mass is 19.1.